The second-order valence-electron chi connectivity index (χ2n) is 3.69. The largest absolute Gasteiger partial charge is 0.379 e. The lowest BCUT2D eigenvalue weighted by Gasteiger charge is -2.10. The van der Waals surface area contributed by atoms with E-state index in [0.717, 1.165) is 38.2 Å². The molecule has 0 unspecified atom stereocenters. The van der Waals surface area contributed by atoms with Crippen molar-refractivity contribution in [2.45, 2.75) is 12.8 Å². The molecule has 16 heavy (non-hydrogen) atoms. The molecule has 1 rings (SSSR count). The van der Waals surface area contributed by atoms with Crippen LogP contribution in [0.15, 0.2) is 17.6 Å². The molecule has 1 fully saturated rings. The molecule has 0 aromatic rings. The minimum atomic E-state index is 0. The molecule has 2 N–H and O–H groups in total. The average Bonchev–Trinajstić information content (AvgIpc) is 3.06. The number of hydrogen-bond donors (Lipinski definition) is 2. The quantitative estimate of drug-likeness (QED) is 0.242. The predicted octanol–water partition coefficient (Wildman–Crippen LogP) is 1.38. The third-order valence-corrected chi connectivity index (χ3v) is 2.23. The second-order valence-corrected chi connectivity index (χ2v) is 3.69. The van der Waals surface area contributed by atoms with Gasteiger partial charge in [-0.1, -0.05) is 6.08 Å². The molecule has 0 atom stereocenters. The van der Waals surface area contributed by atoms with Gasteiger partial charge in [-0.25, -0.2) is 0 Å². The van der Waals surface area contributed by atoms with E-state index in [4.69, 9.17) is 4.74 Å². The van der Waals surface area contributed by atoms with Gasteiger partial charge in [-0.15, -0.1) is 30.6 Å². The summed E-state index contributed by atoms with van der Waals surface area (Å²) in [6, 6.07) is 0. The van der Waals surface area contributed by atoms with E-state index < -0.39 is 0 Å². The number of halogens is 1. The molecule has 0 saturated heterocycles. The normalized spacial score (nSPS) is 15.2. The fourth-order valence-corrected chi connectivity index (χ4v) is 1.17. The Morgan fingerprint density at radius 2 is 2.25 bits per heavy atom. The van der Waals surface area contributed by atoms with Crippen molar-refractivity contribution in [2.24, 2.45) is 10.9 Å². The molecule has 0 aliphatic heterocycles. The van der Waals surface area contributed by atoms with Gasteiger partial charge in [0.05, 0.1) is 6.61 Å². The van der Waals surface area contributed by atoms with Crippen molar-refractivity contribution in [3.8, 4) is 0 Å². The molecule has 0 heterocycles. The maximum Gasteiger partial charge on any atom is 0.191 e. The average molecular weight is 339 g/mol. The van der Waals surface area contributed by atoms with E-state index in [1.165, 1.54) is 12.8 Å². The van der Waals surface area contributed by atoms with Crippen molar-refractivity contribution in [2.75, 3.05) is 33.4 Å². The standard InChI is InChI=1S/C11H21N3O.HI/c1-3-6-13-11(12-2)14-7-8-15-9-10-4-5-10;/h3,10H,1,4-9H2,2H3,(H2,12,13,14);1H. The molecular formula is C11H22IN3O. The summed E-state index contributed by atoms with van der Waals surface area (Å²) in [7, 11) is 1.75. The van der Waals surface area contributed by atoms with Crippen LogP contribution in [0.3, 0.4) is 0 Å². The highest BCUT2D eigenvalue weighted by atomic mass is 127. The van der Waals surface area contributed by atoms with Crippen molar-refractivity contribution in [1.82, 2.24) is 10.6 Å². The van der Waals surface area contributed by atoms with Crippen LogP contribution in [0, 0.1) is 5.92 Å². The Labute approximate surface area is 115 Å². The molecule has 0 aromatic carbocycles. The van der Waals surface area contributed by atoms with Crippen molar-refractivity contribution in [1.29, 1.82) is 0 Å². The molecule has 0 aromatic heterocycles. The molecule has 0 amide bonds. The van der Waals surface area contributed by atoms with Crippen LogP contribution >= 0.6 is 24.0 Å². The summed E-state index contributed by atoms with van der Waals surface area (Å²) in [6.07, 6.45) is 4.49. The number of nitrogens with one attached hydrogen (secondary N) is 2. The van der Waals surface area contributed by atoms with Gasteiger partial charge in [-0.05, 0) is 18.8 Å². The van der Waals surface area contributed by atoms with Gasteiger partial charge in [0.15, 0.2) is 5.96 Å². The van der Waals surface area contributed by atoms with E-state index >= 15 is 0 Å². The van der Waals surface area contributed by atoms with E-state index in [1.54, 1.807) is 13.1 Å². The Hall–Kier alpha value is -0.300. The van der Waals surface area contributed by atoms with Gasteiger partial charge < -0.3 is 15.4 Å². The fourth-order valence-electron chi connectivity index (χ4n) is 1.17. The van der Waals surface area contributed by atoms with Gasteiger partial charge in [0, 0.05) is 26.7 Å². The van der Waals surface area contributed by atoms with Crippen LogP contribution in [0.1, 0.15) is 12.8 Å². The van der Waals surface area contributed by atoms with Crippen molar-refractivity contribution >= 4 is 29.9 Å². The molecule has 0 spiro atoms. The SMILES string of the molecule is C=CCNC(=NC)NCCOCC1CC1.I. The molecule has 94 valence electrons. The van der Waals surface area contributed by atoms with Crippen LogP contribution in [0.4, 0.5) is 0 Å². The molecule has 5 heteroatoms. The number of aliphatic imine (C=N–C) groups is 1. The zero-order valence-corrected chi connectivity index (χ0v) is 12.2. The Balaban J connectivity index is 0.00000225. The van der Waals surface area contributed by atoms with Crippen LogP contribution < -0.4 is 10.6 Å². The summed E-state index contributed by atoms with van der Waals surface area (Å²) in [5, 5.41) is 6.26. The fraction of sp³-hybridized carbons (Fsp3) is 0.727. The minimum absolute atomic E-state index is 0. The van der Waals surface area contributed by atoms with Gasteiger partial charge in [0.25, 0.3) is 0 Å². The summed E-state index contributed by atoms with van der Waals surface area (Å²) in [5.41, 5.74) is 0. The van der Waals surface area contributed by atoms with Crippen LogP contribution in [0.2, 0.25) is 0 Å². The Morgan fingerprint density at radius 3 is 2.81 bits per heavy atom. The van der Waals surface area contributed by atoms with Crippen molar-refractivity contribution < 1.29 is 4.74 Å². The van der Waals surface area contributed by atoms with E-state index in [1.807, 2.05) is 0 Å². The van der Waals surface area contributed by atoms with Crippen molar-refractivity contribution in [3.05, 3.63) is 12.7 Å². The summed E-state index contributed by atoms with van der Waals surface area (Å²) in [4.78, 5) is 4.06. The van der Waals surface area contributed by atoms with Crippen LogP contribution in [0.25, 0.3) is 0 Å². The Morgan fingerprint density at radius 1 is 1.50 bits per heavy atom. The Bertz CT molecular complexity index is 217. The molecule has 1 aliphatic carbocycles. The number of rotatable bonds is 7. The first-order valence-electron chi connectivity index (χ1n) is 5.50. The highest BCUT2D eigenvalue weighted by Gasteiger charge is 2.20. The molecule has 4 nitrogen and oxygen atoms in total. The molecular weight excluding hydrogens is 317 g/mol. The zero-order valence-electron chi connectivity index (χ0n) is 9.87. The smallest absolute Gasteiger partial charge is 0.191 e. The second kappa shape index (κ2) is 9.89. The van der Waals surface area contributed by atoms with E-state index in [-0.39, 0.29) is 24.0 Å². The highest BCUT2D eigenvalue weighted by molar-refractivity contribution is 14.0. The van der Waals surface area contributed by atoms with Gasteiger partial charge in [-0.2, -0.15) is 0 Å². The summed E-state index contributed by atoms with van der Waals surface area (Å²) < 4.78 is 5.49. The molecule has 1 aliphatic rings. The first-order valence-corrected chi connectivity index (χ1v) is 5.50. The number of nitrogens with zero attached hydrogens (tertiary/aromatic N) is 1. The van der Waals surface area contributed by atoms with Crippen LogP contribution in [-0.4, -0.2) is 39.3 Å². The third kappa shape index (κ3) is 7.92. The predicted molar refractivity (Wildman–Crippen MR) is 78.5 cm³/mol. The molecule has 0 bridgehead atoms. The first kappa shape index (κ1) is 15.7. The lowest BCUT2D eigenvalue weighted by Crippen LogP contribution is -2.38. The molecule has 0 radical (unpaired) electrons. The summed E-state index contributed by atoms with van der Waals surface area (Å²) in [5.74, 6) is 1.63. The van der Waals surface area contributed by atoms with Gasteiger partial charge in [0.1, 0.15) is 0 Å². The van der Waals surface area contributed by atoms with Gasteiger partial charge in [-0.3, -0.25) is 4.99 Å². The maximum atomic E-state index is 5.49. The van der Waals surface area contributed by atoms with E-state index in [0.29, 0.717) is 0 Å². The number of ether oxygens (including phenoxy) is 1. The summed E-state index contributed by atoms with van der Waals surface area (Å²) >= 11 is 0. The lowest BCUT2D eigenvalue weighted by molar-refractivity contribution is 0.129. The maximum absolute atomic E-state index is 5.49. The van der Waals surface area contributed by atoms with Gasteiger partial charge >= 0.3 is 0 Å². The van der Waals surface area contributed by atoms with Crippen LogP contribution in [-0.2, 0) is 4.74 Å². The third-order valence-electron chi connectivity index (χ3n) is 2.23. The minimum Gasteiger partial charge on any atom is -0.379 e. The lowest BCUT2D eigenvalue weighted by atomic mass is 10.5. The topological polar surface area (TPSA) is 45.7 Å². The summed E-state index contributed by atoms with van der Waals surface area (Å²) in [6.45, 7) is 6.81. The van der Waals surface area contributed by atoms with Crippen LogP contribution in [0.5, 0.6) is 0 Å². The van der Waals surface area contributed by atoms with E-state index in [2.05, 4.69) is 22.2 Å². The van der Waals surface area contributed by atoms with Crippen molar-refractivity contribution in [3.63, 3.8) is 0 Å². The first-order chi connectivity index (χ1) is 7.36. The number of guanidine groups is 1. The van der Waals surface area contributed by atoms with E-state index in [9.17, 15) is 0 Å². The Kier molecular flexibility index (Phi) is 9.71. The highest BCUT2D eigenvalue weighted by Crippen LogP contribution is 2.28. The number of hydrogen-bond acceptors (Lipinski definition) is 2. The monoisotopic (exact) mass is 339 g/mol. The van der Waals surface area contributed by atoms with Gasteiger partial charge in [0.2, 0.25) is 0 Å². The zero-order chi connectivity index (χ0) is 10.9. The molecule has 1 saturated carbocycles.